The Labute approximate surface area is 159 Å². The van der Waals surface area contributed by atoms with E-state index in [1.54, 1.807) is 11.8 Å². The Morgan fingerprint density at radius 1 is 1.31 bits per heavy atom. The third-order valence-corrected chi connectivity index (χ3v) is 7.07. The Morgan fingerprint density at radius 2 is 2.04 bits per heavy atom. The van der Waals surface area contributed by atoms with Crippen LogP contribution in [0.4, 0.5) is 0 Å². The summed E-state index contributed by atoms with van der Waals surface area (Å²) in [5.74, 6) is -0.296. The van der Waals surface area contributed by atoms with Crippen LogP contribution in [0.2, 0.25) is 0 Å². The van der Waals surface area contributed by atoms with E-state index in [9.17, 15) is 18.0 Å². The number of sulfone groups is 1. The van der Waals surface area contributed by atoms with Crippen LogP contribution in [-0.4, -0.2) is 49.7 Å². The van der Waals surface area contributed by atoms with Crippen LogP contribution in [-0.2, 0) is 24.2 Å². The summed E-state index contributed by atoms with van der Waals surface area (Å²) in [5.41, 5.74) is 2.43. The summed E-state index contributed by atoms with van der Waals surface area (Å²) in [5, 5.41) is 2.63. The number of carbonyl (C=O) groups excluding carboxylic acids is 2. The molecule has 2 atom stereocenters. The van der Waals surface area contributed by atoms with Crippen molar-refractivity contribution in [3.8, 4) is 0 Å². The number of nitrogens with one attached hydrogen (secondary N) is 1. The van der Waals surface area contributed by atoms with Gasteiger partial charge in [-0.05, 0) is 50.5 Å². The van der Waals surface area contributed by atoms with Gasteiger partial charge in [-0.15, -0.1) is 11.8 Å². The van der Waals surface area contributed by atoms with Gasteiger partial charge in [0.05, 0.1) is 17.9 Å². The summed E-state index contributed by atoms with van der Waals surface area (Å²) in [4.78, 5) is 25.0. The molecule has 26 heavy (non-hydrogen) atoms. The number of amides is 1. The molecule has 0 aromatic heterocycles. The van der Waals surface area contributed by atoms with Gasteiger partial charge in [0.15, 0.2) is 15.9 Å². The van der Waals surface area contributed by atoms with Gasteiger partial charge < -0.3 is 10.1 Å². The van der Waals surface area contributed by atoms with Crippen molar-refractivity contribution in [3.05, 3.63) is 29.3 Å². The van der Waals surface area contributed by atoms with Crippen LogP contribution in [0.5, 0.6) is 0 Å². The zero-order chi connectivity index (χ0) is 19.3. The number of rotatable bonds is 7. The first kappa shape index (κ1) is 20.8. The first-order valence-electron chi connectivity index (χ1n) is 8.56. The molecule has 0 saturated carbocycles. The minimum atomic E-state index is -3.06. The first-order chi connectivity index (χ1) is 12.2. The van der Waals surface area contributed by atoms with E-state index in [1.165, 1.54) is 18.1 Å². The molecule has 1 saturated heterocycles. The quantitative estimate of drug-likeness (QED) is 0.557. The second kappa shape index (κ2) is 8.90. The largest absolute Gasteiger partial charge is 0.453 e. The molecular formula is C18H25NO5S2. The van der Waals surface area contributed by atoms with E-state index < -0.39 is 33.9 Å². The highest BCUT2D eigenvalue weighted by Crippen LogP contribution is 2.22. The van der Waals surface area contributed by atoms with Crippen LogP contribution < -0.4 is 5.32 Å². The van der Waals surface area contributed by atoms with Crippen LogP contribution in [0.3, 0.4) is 0 Å². The molecule has 0 radical (unpaired) electrons. The summed E-state index contributed by atoms with van der Waals surface area (Å²) in [7, 11) is -3.06. The number of hydrogen-bond donors (Lipinski definition) is 1. The van der Waals surface area contributed by atoms with E-state index in [1.807, 2.05) is 19.1 Å². The second-order valence-corrected chi connectivity index (χ2v) is 9.98. The number of aryl methyl sites for hydroxylation is 2. The van der Waals surface area contributed by atoms with Crippen molar-refractivity contribution in [1.82, 2.24) is 5.32 Å². The molecule has 144 valence electrons. The van der Waals surface area contributed by atoms with Crippen molar-refractivity contribution in [2.24, 2.45) is 0 Å². The highest BCUT2D eigenvalue weighted by molar-refractivity contribution is 7.99. The highest BCUT2D eigenvalue weighted by atomic mass is 32.2. The average molecular weight is 400 g/mol. The molecule has 1 fully saturated rings. The number of esters is 1. The van der Waals surface area contributed by atoms with Crippen LogP contribution in [0, 0.1) is 13.8 Å². The van der Waals surface area contributed by atoms with Crippen molar-refractivity contribution in [1.29, 1.82) is 0 Å². The number of carbonyl (C=O) groups is 2. The van der Waals surface area contributed by atoms with E-state index in [4.69, 9.17) is 4.74 Å². The number of ether oxygens (including phenoxy) is 1. The molecule has 0 spiro atoms. The summed E-state index contributed by atoms with van der Waals surface area (Å²) in [6.07, 6.45) is -0.327. The lowest BCUT2D eigenvalue weighted by Crippen LogP contribution is -2.42. The maximum atomic E-state index is 12.0. The van der Waals surface area contributed by atoms with Gasteiger partial charge in [-0.25, -0.2) is 8.42 Å². The van der Waals surface area contributed by atoms with Gasteiger partial charge in [-0.2, -0.15) is 0 Å². The standard InChI is InChI=1S/C18H25NO5S2/c1-12-4-5-16(10-13(12)2)25-8-6-17(20)24-14(3)18(21)19-15-7-9-26(22,23)11-15/h4-5,10,14-15H,6-9,11H2,1-3H3,(H,19,21)/t14-,15-/m1/s1. The van der Waals surface area contributed by atoms with Gasteiger partial charge in [-0.1, -0.05) is 6.07 Å². The summed E-state index contributed by atoms with van der Waals surface area (Å²) < 4.78 is 28.0. The lowest BCUT2D eigenvalue weighted by Gasteiger charge is -2.16. The minimum Gasteiger partial charge on any atom is -0.453 e. The van der Waals surface area contributed by atoms with Crippen molar-refractivity contribution < 1.29 is 22.7 Å². The fourth-order valence-electron chi connectivity index (χ4n) is 2.59. The third-order valence-electron chi connectivity index (χ3n) is 4.31. The van der Waals surface area contributed by atoms with Crippen LogP contribution >= 0.6 is 11.8 Å². The Bertz CT molecular complexity index is 776. The Kier molecular flexibility index (Phi) is 7.11. The SMILES string of the molecule is Cc1ccc(SCCC(=O)O[C@H](C)C(=O)N[C@@H]2CCS(=O)(=O)C2)cc1C. The molecule has 6 nitrogen and oxygen atoms in total. The molecule has 1 N–H and O–H groups in total. The molecule has 1 heterocycles. The average Bonchev–Trinajstić information content (AvgIpc) is 2.89. The molecular weight excluding hydrogens is 374 g/mol. The highest BCUT2D eigenvalue weighted by Gasteiger charge is 2.30. The molecule has 0 unspecified atom stereocenters. The van der Waals surface area contributed by atoms with E-state index >= 15 is 0 Å². The molecule has 0 aliphatic carbocycles. The van der Waals surface area contributed by atoms with E-state index in [0.717, 1.165) is 4.90 Å². The first-order valence-corrected chi connectivity index (χ1v) is 11.4. The van der Waals surface area contributed by atoms with Gasteiger partial charge in [0, 0.05) is 16.7 Å². The van der Waals surface area contributed by atoms with E-state index in [-0.39, 0.29) is 17.9 Å². The molecule has 1 aliphatic heterocycles. The van der Waals surface area contributed by atoms with Crippen molar-refractivity contribution in [3.63, 3.8) is 0 Å². The fourth-order valence-corrected chi connectivity index (χ4v) is 5.20. The van der Waals surface area contributed by atoms with Crippen molar-refractivity contribution in [2.45, 2.75) is 50.7 Å². The normalized spacial score (nSPS) is 19.7. The molecule has 1 aromatic carbocycles. The maximum Gasteiger partial charge on any atom is 0.307 e. The van der Waals surface area contributed by atoms with Gasteiger partial charge in [0.2, 0.25) is 0 Å². The van der Waals surface area contributed by atoms with Crippen molar-refractivity contribution >= 4 is 33.5 Å². The number of benzene rings is 1. The maximum absolute atomic E-state index is 12.0. The van der Waals surface area contributed by atoms with E-state index in [0.29, 0.717) is 12.2 Å². The number of hydrogen-bond acceptors (Lipinski definition) is 6. The van der Waals surface area contributed by atoms with Crippen LogP contribution in [0.1, 0.15) is 30.9 Å². The molecule has 8 heteroatoms. The van der Waals surface area contributed by atoms with Gasteiger partial charge >= 0.3 is 5.97 Å². The van der Waals surface area contributed by atoms with Crippen LogP contribution in [0.25, 0.3) is 0 Å². The van der Waals surface area contributed by atoms with Gasteiger partial charge in [0.1, 0.15) is 0 Å². The molecule has 0 bridgehead atoms. The third kappa shape index (κ3) is 6.32. The summed E-state index contributed by atoms with van der Waals surface area (Å²) in [6, 6.07) is 5.75. The zero-order valence-electron chi connectivity index (χ0n) is 15.3. The Balaban J connectivity index is 1.71. The summed E-state index contributed by atoms with van der Waals surface area (Å²) in [6.45, 7) is 5.59. The predicted molar refractivity (Wildman–Crippen MR) is 102 cm³/mol. The predicted octanol–water partition coefficient (Wildman–Crippen LogP) is 2.02. The minimum absolute atomic E-state index is 0.0496. The lowest BCUT2D eigenvalue weighted by atomic mass is 10.1. The fraction of sp³-hybridized carbons (Fsp3) is 0.556. The Morgan fingerprint density at radius 3 is 2.65 bits per heavy atom. The van der Waals surface area contributed by atoms with Gasteiger partial charge in [-0.3, -0.25) is 9.59 Å². The lowest BCUT2D eigenvalue weighted by molar-refractivity contribution is -0.154. The smallest absolute Gasteiger partial charge is 0.307 e. The summed E-state index contributed by atoms with van der Waals surface area (Å²) >= 11 is 1.56. The molecule has 1 amide bonds. The second-order valence-electron chi connectivity index (χ2n) is 6.59. The van der Waals surface area contributed by atoms with Crippen molar-refractivity contribution in [2.75, 3.05) is 17.3 Å². The Hall–Kier alpha value is -1.54. The zero-order valence-corrected chi connectivity index (χ0v) is 16.9. The number of thioether (sulfide) groups is 1. The van der Waals surface area contributed by atoms with Crippen LogP contribution in [0.15, 0.2) is 23.1 Å². The van der Waals surface area contributed by atoms with Gasteiger partial charge in [0.25, 0.3) is 5.91 Å². The molecule has 2 rings (SSSR count). The topological polar surface area (TPSA) is 89.5 Å². The molecule has 1 aliphatic rings. The van der Waals surface area contributed by atoms with E-state index in [2.05, 4.69) is 18.3 Å². The monoisotopic (exact) mass is 399 g/mol. The molecule has 1 aromatic rings.